The minimum absolute atomic E-state index is 0.326. The minimum Gasteiger partial charge on any atom is -0.473 e. The molecule has 0 spiro atoms. The molecule has 1 aromatic carbocycles. The van der Waals surface area contributed by atoms with Crippen LogP contribution in [0.5, 0.6) is 5.88 Å². The lowest BCUT2D eigenvalue weighted by molar-refractivity contribution is 0.338. The van der Waals surface area contributed by atoms with Gasteiger partial charge in [0.25, 0.3) is 5.78 Å². The van der Waals surface area contributed by atoms with Crippen LogP contribution in [0.25, 0.3) is 11.9 Å². The lowest BCUT2D eigenvalue weighted by atomic mass is 10.2. The molecule has 100 valence electrons. The van der Waals surface area contributed by atoms with E-state index in [0.717, 1.165) is 5.56 Å². The highest BCUT2D eigenvalue weighted by atomic mass is 35.5. The first kappa shape index (κ1) is 12.6. The van der Waals surface area contributed by atoms with Crippen molar-refractivity contribution in [3.8, 4) is 5.88 Å². The van der Waals surface area contributed by atoms with E-state index in [9.17, 15) is 0 Å². The third kappa shape index (κ3) is 2.78. The van der Waals surface area contributed by atoms with E-state index >= 15 is 0 Å². The normalized spacial score (nSPS) is 11.2. The molecule has 0 radical (unpaired) electrons. The predicted octanol–water partition coefficient (Wildman–Crippen LogP) is 2.87. The number of hydrogen-bond donors (Lipinski definition) is 0. The quantitative estimate of drug-likeness (QED) is 0.692. The number of halogens is 1. The summed E-state index contributed by atoms with van der Waals surface area (Å²) in [6.07, 6.45) is 5.32. The average Bonchev–Trinajstić information content (AvgIpc) is 2.92. The number of hydrogen-bond acceptors (Lipinski definition) is 4. The van der Waals surface area contributed by atoms with Crippen molar-refractivity contribution < 1.29 is 4.74 Å². The number of fused-ring (bicyclic) bond motifs is 1. The fourth-order valence-electron chi connectivity index (χ4n) is 1.74. The topological polar surface area (TPSA) is 52.3 Å². The maximum atomic E-state index is 5.90. The Morgan fingerprint density at radius 1 is 1.25 bits per heavy atom. The van der Waals surface area contributed by atoms with Crippen LogP contribution in [0.1, 0.15) is 5.56 Å². The van der Waals surface area contributed by atoms with Crippen molar-refractivity contribution in [2.45, 2.75) is 0 Å². The first-order valence-corrected chi connectivity index (χ1v) is 6.41. The molecule has 0 fully saturated rings. The Morgan fingerprint density at radius 3 is 2.95 bits per heavy atom. The largest absolute Gasteiger partial charge is 0.473 e. The zero-order valence-electron chi connectivity index (χ0n) is 10.5. The molecule has 0 atom stereocenters. The Kier molecular flexibility index (Phi) is 3.60. The van der Waals surface area contributed by atoms with Gasteiger partial charge in [-0.05, 0) is 11.6 Å². The molecule has 0 aliphatic rings. The predicted molar refractivity (Wildman–Crippen MR) is 76.8 cm³/mol. The third-order valence-corrected chi connectivity index (χ3v) is 2.82. The van der Waals surface area contributed by atoms with Gasteiger partial charge in [-0.2, -0.15) is 19.6 Å². The summed E-state index contributed by atoms with van der Waals surface area (Å²) < 4.78 is 7.13. The van der Waals surface area contributed by atoms with E-state index in [0.29, 0.717) is 23.4 Å². The fraction of sp³-hybridized carbons (Fsp3) is 0.0714. The second-order valence-corrected chi connectivity index (χ2v) is 4.40. The van der Waals surface area contributed by atoms with Crippen molar-refractivity contribution in [3.63, 3.8) is 0 Å². The number of nitrogens with zero attached hydrogens (tertiary/aromatic N) is 4. The van der Waals surface area contributed by atoms with Crippen LogP contribution in [0.3, 0.4) is 0 Å². The summed E-state index contributed by atoms with van der Waals surface area (Å²) in [5, 5.41) is 4.36. The Morgan fingerprint density at radius 2 is 2.10 bits per heavy atom. The number of aromatic nitrogens is 4. The summed E-state index contributed by atoms with van der Waals surface area (Å²) in [5.41, 5.74) is 1.12. The van der Waals surface area contributed by atoms with Gasteiger partial charge in [0, 0.05) is 6.07 Å². The van der Waals surface area contributed by atoms with Gasteiger partial charge in [-0.25, -0.2) is 0 Å². The number of rotatable bonds is 4. The zero-order chi connectivity index (χ0) is 13.8. The molecule has 0 aliphatic carbocycles. The van der Waals surface area contributed by atoms with Gasteiger partial charge in [0.1, 0.15) is 18.1 Å². The Balaban J connectivity index is 1.71. The van der Waals surface area contributed by atoms with E-state index in [1.807, 2.05) is 42.5 Å². The van der Waals surface area contributed by atoms with Gasteiger partial charge < -0.3 is 4.74 Å². The molecule has 6 heteroatoms. The standard InChI is InChI=1S/C14H11ClN4O/c15-12-9-13(19-14(18-12)16-10-17-19)20-8-4-7-11-5-2-1-3-6-11/h1-7,9-10H,8H2/b7-4+. The van der Waals surface area contributed by atoms with E-state index < -0.39 is 0 Å². The highest BCUT2D eigenvalue weighted by molar-refractivity contribution is 6.29. The summed E-state index contributed by atoms with van der Waals surface area (Å²) in [7, 11) is 0. The Bertz CT molecular complexity index is 739. The molecule has 20 heavy (non-hydrogen) atoms. The molecule has 3 aromatic rings. The summed E-state index contributed by atoms with van der Waals surface area (Å²) in [5.74, 6) is 0.926. The first-order chi connectivity index (χ1) is 9.83. The fourth-order valence-corrected chi connectivity index (χ4v) is 1.91. The van der Waals surface area contributed by atoms with Gasteiger partial charge in [0.2, 0.25) is 5.88 Å². The minimum atomic E-state index is 0.326. The molecule has 2 heterocycles. The summed E-state index contributed by atoms with van der Waals surface area (Å²) in [6.45, 7) is 0.407. The molecule has 0 bridgehead atoms. The molecule has 0 amide bonds. The van der Waals surface area contributed by atoms with Crippen molar-refractivity contribution >= 4 is 23.5 Å². The molecule has 0 saturated heterocycles. The maximum absolute atomic E-state index is 5.90. The molecule has 0 N–H and O–H groups in total. The average molecular weight is 287 g/mol. The van der Waals surface area contributed by atoms with Crippen molar-refractivity contribution in [3.05, 3.63) is 59.5 Å². The van der Waals surface area contributed by atoms with Crippen molar-refractivity contribution in [2.24, 2.45) is 0 Å². The second-order valence-electron chi connectivity index (χ2n) is 4.01. The van der Waals surface area contributed by atoms with Gasteiger partial charge in [0.15, 0.2) is 0 Å². The van der Waals surface area contributed by atoms with Gasteiger partial charge in [-0.15, -0.1) is 0 Å². The number of ether oxygens (including phenoxy) is 1. The number of benzene rings is 1. The van der Waals surface area contributed by atoms with Crippen LogP contribution in [0, 0.1) is 0 Å². The zero-order valence-corrected chi connectivity index (χ0v) is 11.2. The van der Waals surface area contributed by atoms with Crippen molar-refractivity contribution in [1.82, 2.24) is 19.6 Å². The van der Waals surface area contributed by atoms with Crippen LogP contribution in [0.2, 0.25) is 5.15 Å². The first-order valence-electron chi connectivity index (χ1n) is 6.03. The van der Waals surface area contributed by atoms with E-state index in [-0.39, 0.29) is 0 Å². The van der Waals surface area contributed by atoms with Crippen molar-refractivity contribution in [1.29, 1.82) is 0 Å². The Hall–Kier alpha value is -2.40. The lowest BCUT2D eigenvalue weighted by Gasteiger charge is -2.04. The van der Waals surface area contributed by atoms with Crippen molar-refractivity contribution in [2.75, 3.05) is 6.61 Å². The van der Waals surface area contributed by atoms with Crippen LogP contribution in [-0.2, 0) is 0 Å². The smallest absolute Gasteiger partial charge is 0.256 e. The molecule has 5 nitrogen and oxygen atoms in total. The van der Waals surface area contributed by atoms with E-state index in [1.54, 1.807) is 6.07 Å². The van der Waals surface area contributed by atoms with E-state index in [1.165, 1.54) is 10.8 Å². The maximum Gasteiger partial charge on any atom is 0.256 e. The SMILES string of the molecule is Clc1cc(OC/C=C/c2ccccc2)n2ncnc2n1. The van der Waals surface area contributed by atoms with Crippen LogP contribution in [0.15, 0.2) is 48.8 Å². The third-order valence-electron chi connectivity index (χ3n) is 2.63. The summed E-state index contributed by atoms with van der Waals surface area (Å²) >= 11 is 5.90. The molecular weight excluding hydrogens is 276 g/mol. The molecule has 0 saturated carbocycles. The van der Waals surface area contributed by atoms with Crippen LogP contribution < -0.4 is 4.74 Å². The van der Waals surface area contributed by atoms with E-state index in [2.05, 4.69) is 15.1 Å². The highest BCUT2D eigenvalue weighted by Gasteiger charge is 2.06. The monoisotopic (exact) mass is 286 g/mol. The highest BCUT2D eigenvalue weighted by Crippen LogP contribution is 2.16. The molecule has 3 rings (SSSR count). The van der Waals surface area contributed by atoms with Gasteiger partial charge >= 0.3 is 0 Å². The molecule has 0 aliphatic heterocycles. The molecule has 2 aromatic heterocycles. The molecular formula is C14H11ClN4O. The van der Waals surface area contributed by atoms with Crippen LogP contribution >= 0.6 is 11.6 Å². The second kappa shape index (κ2) is 5.71. The Labute approximate surface area is 120 Å². The lowest BCUT2D eigenvalue weighted by Crippen LogP contribution is -2.02. The van der Waals surface area contributed by atoms with Gasteiger partial charge in [-0.1, -0.05) is 48.0 Å². The van der Waals surface area contributed by atoms with Gasteiger partial charge in [-0.3, -0.25) is 0 Å². The van der Waals surface area contributed by atoms with Crippen LogP contribution in [-0.4, -0.2) is 26.2 Å². The summed E-state index contributed by atoms with van der Waals surface area (Å²) in [6, 6.07) is 11.6. The van der Waals surface area contributed by atoms with Gasteiger partial charge in [0.05, 0.1) is 0 Å². The van der Waals surface area contributed by atoms with Crippen LogP contribution in [0.4, 0.5) is 0 Å². The molecule has 0 unspecified atom stereocenters. The van der Waals surface area contributed by atoms with E-state index in [4.69, 9.17) is 16.3 Å². The summed E-state index contributed by atoms with van der Waals surface area (Å²) in [4.78, 5) is 8.00.